The Hall–Kier alpha value is -1.96. The predicted octanol–water partition coefficient (Wildman–Crippen LogP) is 3.60. The van der Waals surface area contributed by atoms with Gasteiger partial charge in [0.25, 0.3) is 0 Å². The fourth-order valence-electron chi connectivity index (χ4n) is 1.88. The zero-order valence-electron chi connectivity index (χ0n) is 10.3. The highest BCUT2D eigenvalue weighted by molar-refractivity contribution is 5.72. The van der Waals surface area contributed by atoms with E-state index in [0.717, 1.165) is 17.8 Å². The van der Waals surface area contributed by atoms with Crippen molar-refractivity contribution < 1.29 is 0 Å². The van der Waals surface area contributed by atoms with Crippen LogP contribution in [0.1, 0.15) is 18.9 Å². The van der Waals surface area contributed by atoms with Crippen molar-refractivity contribution in [3.63, 3.8) is 0 Å². The predicted molar refractivity (Wildman–Crippen MR) is 75.9 cm³/mol. The Bertz CT molecular complexity index is 508. The Kier molecular flexibility index (Phi) is 3.33. The highest BCUT2D eigenvalue weighted by atomic mass is 14.8. The van der Waals surface area contributed by atoms with Crippen LogP contribution in [0.15, 0.2) is 47.6 Å². The fraction of sp³-hybridized carbons (Fsp3) is 0.200. The van der Waals surface area contributed by atoms with Crippen molar-refractivity contribution in [1.82, 2.24) is 0 Å². The van der Waals surface area contributed by atoms with Gasteiger partial charge in [-0.25, -0.2) is 0 Å². The zero-order valence-corrected chi connectivity index (χ0v) is 10.3. The summed E-state index contributed by atoms with van der Waals surface area (Å²) in [5.41, 5.74) is 11.4. The minimum atomic E-state index is 0.784. The van der Waals surface area contributed by atoms with Gasteiger partial charge in [0.05, 0.1) is 0 Å². The minimum Gasteiger partial charge on any atom is -0.399 e. The second-order valence-corrected chi connectivity index (χ2v) is 4.30. The van der Waals surface area contributed by atoms with Crippen molar-refractivity contribution in [2.75, 3.05) is 18.1 Å². The highest BCUT2D eigenvalue weighted by Gasteiger charge is 2.02. The van der Waals surface area contributed by atoms with Crippen LogP contribution in [0.5, 0.6) is 0 Å². The molecule has 17 heavy (non-hydrogen) atoms. The molecule has 0 unspecified atom stereocenters. The first kappa shape index (κ1) is 11.5. The molecule has 2 nitrogen and oxygen atoms in total. The van der Waals surface area contributed by atoms with E-state index in [2.05, 4.69) is 36.5 Å². The van der Waals surface area contributed by atoms with Gasteiger partial charge >= 0.3 is 0 Å². The van der Waals surface area contributed by atoms with E-state index < -0.39 is 0 Å². The maximum atomic E-state index is 5.77. The highest BCUT2D eigenvalue weighted by Crippen LogP contribution is 2.24. The fourth-order valence-corrected chi connectivity index (χ4v) is 1.88. The summed E-state index contributed by atoms with van der Waals surface area (Å²) in [5.74, 6) is 0. The van der Waals surface area contributed by atoms with Gasteiger partial charge in [0.15, 0.2) is 0 Å². The molecule has 88 valence electrons. The molecule has 0 bridgehead atoms. The van der Waals surface area contributed by atoms with Crippen LogP contribution in [0, 0.1) is 0 Å². The van der Waals surface area contributed by atoms with E-state index in [0.29, 0.717) is 0 Å². The molecule has 0 amide bonds. The SMILES string of the molecule is CNc1cc(N)ccc1/C=C1/C=CC(C)=CC1. The van der Waals surface area contributed by atoms with Crippen LogP contribution in [0.4, 0.5) is 11.4 Å². The van der Waals surface area contributed by atoms with Crippen molar-refractivity contribution >= 4 is 17.5 Å². The Balaban J connectivity index is 2.30. The Labute approximate surface area is 103 Å². The lowest BCUT2D eigenvalue weighted by Gasteiger charge is -2.10. The summed E-state index contributed by atoms with van der Waals surface area (Å²) in [6.07, 6.45) is 9.75. The number of allylic oxidation sites excluding steroid dienone is 5. The molecule has 0 atom stereocenters. The molecular weight excluding hydrogens is 208 g/mol. The first-order valence-electron chi connectivity index (χ1n) is 5.82. The number of nitrogens with one attached hydrogen (secondary N) is 1. The lowest BCUT2D eigenvalue weighted by Crippen LogP contribution is -1.95. The number of hydrogen-bond donors (Lipinski definition) is 2. The Morgan fingerprint density at radius 2 is 2.12 bits per heavy atom. The molecule has 1 aliphatic carbocycles. The maximum Gasteiger partial charge on any atom is 0.0431 e. The van der Waals surface area contributed by atoms with Gasteiger partial charge in [-0.2, -0.15) is 0 Å². The summed E-state index contributed by atoms with van der Waals surface area (Å²) >= 11 is 0. The first-order valence-corrected chi connectivity index (χ1v) is 5.82. The van der Waals surface area contributed by atoms with Gasteiger partial charge in [-0.05, 0) is 42.7 Å². The van der Waals surface area contributed by atoms with Crippen molar-refractivity contribution in [3.05, 3.63) is 53.1 Å². The van der Waals surface area contributed by atoms with Crippen molar-refractivity contribution in [2.45, 2.75) is 13.3 Å². The molecule has 0 aromatic heterocycles. The molecule has 2 heteroatoms. The first-order chi connectivity index (χ1) is 8.19. The lowest BCUT2D eigenvalue weighted by molar-refractivity contribution is 1.23. The lowest BCUT2D eigenvalue weighted by atomic mass is 10.00. The van der Waals surface area contributed by atoms with Crippen molar-refractivity contribution in [2.24, 2.45) is 0 Å². The monoisotopic (exact) mass is 226 g/mol. The third kappa shape index (κ3) is 2.78. The van der Waals surface area contributed by atoms with E-state index in [1.54, 1.807) is 0 Å². The molecule has 0 fully saturated rings. The topological polar surface area (TPSA) is 38.0 Å². The van der Waals surface area contributed by atoms with Crippen LogP contribution >= 0.6 is 0 Å². The molecule has 3 N–H and O–H groups in total. The van der Waals surface area contributed by atoms with E-state index >= 15 is 0 Å². The maximum absolute atomic E-state index is 5.77. The average molecular weight is 226 g/mol. The molecule has 0 saturated carbocycles. The van der Waals surface area contributed by atoms with Crippen LogP contribution in [0.3, 0.4) is 0 Å². The minimum absolute atomic E-state index is 0.784. The van der Waals surface area contributed by atoms with Crippen LogP contribution in [0.2, 0.25) is 0 Å². The summed E-state index contributed by atoms with van der Waals surface area (Å²) in [4.78, 5) is 0. The van der Waals surface area contributed by atoms with Gasteiger partial charge in [0, 0.05) is 18.4 Å². The normalized spacial score (nSPS) is 17.1. The molecule has 1 aliphatic rings. The third-order valence-electron chi connectivity index (χ3n) is 2.91. The summed E-state index contributed by atoms with van der Waals surface area (Å²) in [6.45, 7) is 2.12. The van der Waals surface area contributed by atoms with Gasteiger partial charge in [-0.3, -0.25) is 0 Å². The van der Waals surface area contributed by atoms with Gasteiger partial charge in [0.1, 0.15) is 0 Å². The van der Waals surface area contributed by atoms with Crippen molar-refractivity contribution in [1.29, 1.82) is 0 Å². The molecule has 1 aromatic carbocycles. The molecule has 2 rings (SSSR count). The number of rotatable bonds is 2. The molecule has 0 aliphatic heterocycles. The molecule has 1 aromatic rings. The molecule has 0 spiro atoms. The van der Waals surface area contributed by atoms with Gasteiger partial charge in [0.2, 0.25) is 0 Å². The second kappa shape index (κ2) is 4.91. The number of benzene rings is 1. The van der Waals surface area contributed by atoms with Crippen LogP contribution in [0.25, 0.3) is 6.08 Å². The molecule has 0 saturated heterocycles. The van der Waals surface area contributed by atoms with Crippen LogP contribution in [-0.2, 0) is 0 Å². The Morgan fingerprint density at radius 3 is 2.76 bits per heavy atom. The summed E-state index contributed by atoms with van der Waals surface area (Å²) in [6, 6.07) is 5.94. The molecule has 0 radical (unpaired) electrons. The van der Waals surface area contributed by atoms with Crippen LogP contribution in [-0.4, -0.2) is 7.05 Å². The zero-order chi connectivity index (χ0) is 12.3. The standard InChI is InChI=1S/C15H18N2/c1-11-3-5-12(6-4-11)9-13-7-8-14(16)10-15(13)17-2/h3-5,7-10,17H,6,16H2,1-2H3/b12-9-. The van der Waals surface area contributed by atoms with Crippen molar-refractivity contribution in [3.8, 4) is 0 Å². The Morgan fingerprint density at radius 1 is 1.29 bits per heavy atom. The van der Waals surface area contributed by atoms with E-state index in [9.17, 15) is 0 Å². The van der Waals surface area contributed by atoms with E-state index in [4.69, 9.17) is 5.73 Å². The number of anilines is 2. The van der Waals surface area contributed by atoms with E-state index in [-0.39, 0.29) is 0 Å². The second-order valence-electron chi connectivity index (χ2n) is 4.30. The smallest absolute Gasteiger partial charge is 0.0431 e. The third-order valence-corrected chi connectivity index (χ3v) is 2.91. The number of hydrogen-bond acceptors (Lipinski definition) is 2. The summed E-state index contributed by atoms with van der Waals surface area (Å²) in [5, 5.41) is 3.17. The number of nitrogens with two attached hydrogens (primary N) is 1. The summed E-state index contributed by atoms with van der Waals surface area (Å²) < 4.78 is 0. The largest absolute Gasteiger partial charge is 0.399 e. The van der Waals surface area contributed by atoms with E-state index in [1.807, 2.05) is 25.2 Å². The molecular formula is C15H18N2. The summed E-state index contributed by atoms with van der Waals surface area (Å²) in [7, 11) is 1.91. The quantitative estimate of drug-likeness (QED) is 0.756. The van der Waals surface area contributed by atoms with E-state index in [1.165, 1.54) is 16.7 Å². The van der Waals surface area contributed by atoms with Gasteiger partial charge in [-0.1, -0.05) is 29.9 Å². The molecule has 0 heterocycles. The van der Waals surface area contributed by atoms with Gasteiger partial charge in [-0.15, -0.1) is 0 Å². The number of nitrogen functional groups attached to an aromatic ring is 1. The average Bonchev–Trinajstić information content (AvgIpc) is 2.34. The van der Waals surface area contributed by atoms with Crippen LogP contribution < -0.4 is 11.1 Å². The van der Waals surface area contributed by atoms with Gasteiger partial charge < -0.3 is 11.1 Å².